The van der Waals surface area contributed by atoms with Crippen LogP contribution in [0.15, 0.2) is 59.8 Å². The standard InChI is InChI=1S/C19H16N6O4/c20-18(27)17(26)13(7-11-8-22-14-10-29-9-12(11)14)24-19(28)15-4-6-23-25(15)16-3-1-2-5-21-16/h1-6,8-10,13,22H,7H2,(H2,20,27)(H,24,28). The SMILES string of the molecule is NC(=O)C(=O)C(Cc1c[nH]c2cocc12)NC(=O)c1ccnn1-c1ccccn1. The number of H-pyrrole nitrogens is 1. The van der Waals surface area contributed by atoms with Gasteiger partial charge in [-0.1, -0.05) is 6.07 Å². The van der Waals surface area contributed by atoms with Gasteiger partial charge in [0.2, 0.25) is 5.78 Å². The summed E-state index contributed by atoms with van der Waals surface area (Å²) < 4.78 is 6.47. The topological polar surface area (TPSA) is 149 Å². The Morgan fingerprint density at radius 2 is 2.07 bits per heavy atom. The zero-order chi connectivity index (χ0) is 20.4. The number of nitrogens with two attached hydrogens (primary N) is 1. The van der Waals surface area contributed by atoms with E-state index >= 15 is 0 Å². The number of carbonyl (C=O) groups is 3. The maximum absolute atomic E-state index is 12.8. The van der Waals surface area contributed by atoms with E-state index in [1.165, 1.54) is 29.5 Å². The summed E-state index contributed by atoms with van der Waals surface area (Å²) in [7, 11) is 0. The Labute approximate surface area is 163 Å². The van der Waals surface area contributed by atoms with E-state index in [0.29, 0.717) is 11.4 Å². The average Bonchev–Trinajstić information content (AvgIpc) is 3.45. The van der Waals surface area contributed by atoms with Crippen molar-refractivity contribution in [2.24, 2.45) is 5.73 Å². The van der Waals surface area contributed by atoms with Gasteiger partial charge in [-0.3, -0.25) is 14.4 Å². The lowest BCUT2D eigenvalue weighted by Crippen LogP contribution is -2.47. The van der Waals surface area contributed by atoms with Crippen molar-refractivity contribution in [3.8, 4) is 5.82 Å². The van der Waals surface area contributed by atoms with Crippen molar-refractivity contribution >= 4 is 28.5 Å². The summed E-state index contributed by atoms with van der Waals surface area (Å²) in [6.45, 7) is 0. The van der Waals surface area contributed by atoms with Gasteiger partial charge in [-0.15, -0.1) is 0 Å². The molecule has 10 heteroatoms. The fourth-order valence-corrected chi connectivity index (χ4v) is 3.04. The third kappa shape index (κ3) is 3.50. The third-order valence-corrected chi connectivity index (χ3v) is 4.44. The molecule has 4 aromatic rings. The van der Waals surface area contributed by atoms with Gasteiger partial charge in [-0.2, -0.15) is 5.10 Å². The first kappa shape index (κ1) is 18.2. The van der Waals surface area contributed by atoms with Crippen LogP contribution >= 0.6 is 0 Å². The molecule has 4 rings (SSSR count). The molecule has 0 spiro atoms. The predicted molar refractivity (Wildman–Crippen MR) is 101 cm³/mol. The lowest BCUT2D eigenvalue weighted by Gasteiger charge is -2.16. The molecule has 4 heterocycles. The number of nitrogens with zero attached hydrogens (tertiary/aromatic N) is 3. The largest absolute Gasteiger partial charge is 0.470 e. The van der Waals surface area contributed by atoms with Crippen molar-refractivity contribution < 1.29 is 18.8 Å². The summed E-state index contributed by atoms with van der Waals surface area (Å²) in [5, 5.41) is 7.44. The van der Waals surface area contributed by atoms with E-state index < -0.39 is 23.6 Å². The minimum Gasteiger partial charge on any atom is -0.470 e. The van der Waals surface area contributed by atoms with Crippen LogP contribution in [0.2, 0.25) is 0 Å². The first-order valence-corrected chi connectivity index (χ1v) is 8.66. The molecule has 29 heavy (non-hydrogen) atoms. The Morgan fingerprint density at radius 3 is 2.83 bits per heavy atom. The molecule has 1 unspecified atom stereocenters. The van der Waals surface area contributed by atoms with Gasteiger partial charge in [0.05, 0.1) is 18.0 Å². The van der Waals surface area contributed by atoms with Gasteiger partial charge in [0.1, 0.15) is 18.0 Å². The monoisotopic (exact) mass is 392 g/mol. The number of amides is 2. The number of nitrogens with one attached hydrogen (secondary N) is 2. The lowest BCUT2D eigenvalue weighted by molar-refractivity contribution is -0.137. The fourth-order valence-electron chi connectivity index (χ4n) is 3.04. The smallest absolute Gasteiger partial charge is 0.287 e. The van der Waals surface area contributed by atoms with Gasteiger partial charge >= 0.3 is 0 Å². The zero-order valence-electron chi connectivity index (χ0n) is 15.0. The maximum atomic E-state index is 12.8. The number of hydrogen-bond acceptors (Lipinski definition) is 6. The number of pyridine rings is 1. The van der Waals surface area contributed by atoms with Crippen LogP contribution in [0.3, 0.4) is 0 Å². The van der Waals surface area contributed by atoms with Crippen LogP contribution in [0.4, 0.5) is 0 Å². The van der Waals surface area contributed by atoms with Crippen LogP contribution in [-0.2, 0) is 16.0 Å². The summed E-state index contributed by atoms with van der Waals surface area (Å²) in [5.41, 5.74) is 6.78. The average molecular weight is 392 g/mol. The Balaban J connectivity index is 1.61. The van der Waals surface area contributed by atoms with Crippen LogP contribution in [-0.4, -0.2) is 43.4 Å². The molecule has 0 bridgehead atoms. The van der Waals surface area contributed by atoms with E-state index in [0.717, 1.165) is 10.9 Å². The molecule has 0 saturated heterocycles. The molecule has 0 aliphatic rings. The predicted octanol–water partition coefficient (Wildman–Crippen LogP) is 0.737. The molecule has 4 N–H and O–H groups in total. The second-order valence-corrected chi connectivity index (χ2v) is 6.29. The molecule has 0 fully saturated rings. The molecule has 0 aliphatic heterocycles. The van der Waals surface area contributed by atoms with Crippen molar-refractivity contribution in [2.75, 3.05) is 0 Å². The number of hydrogen-bond donors (Lipinski definition) is 3. The van der Waals surface area contributed by atoms with E-state index in [1.54, 1.807) is 30.6 Å². The fraction of sp³-hybridized carbons (Fsp3) is 0.105. The summed E-state index contributed by atoms with van der Waals surface area (Å²) in [5.74, 6) is -2.19. The highest BCUT2D eigenvalue weighted by Crippen LogP contribution is 2.20. The molecule has 2 amide bonds. The summed E-state index contributed by atoms with van der Waals surface area (Å²) in [6.07, 6.45) is 7.80. The van der Waals surface area contributed by atoms with E-state index in [1.807, 2.05) is 0 Å². The first-order chi connectivity index (χ1) is 14.0. The van der Waals surface area contributed by atoms with E-state index in [-0.39, 0.29) is 12.1 Å². The quantitative estimate of drug-likeness (QED) is 0.395. The van der Waals surface area contributed by atoms with Crippen molar-refractivity contribution in [2.45, 2.75) is 12.5 Å². The van der Waals surface area contributed by atoms with Gasteiger partial charge in [0, 0.05) is 24.2 Å². The molecule has 0 aliphatic carbocycles. The van der Waals surface area contributed by atoms with E-state index in [2.05, 4.69) is 20.4 Å². The van der Waals surface area contributed by atoms with Crippen LogP contribution in [0.5, 0.6) is 0 Å². The molecular formula is C19H16N6O4. The molecule has 1 atom stereocenters. The highest BCUT2D eigenvalue weighted by Gasteiger charge is 2.28. The molecule has 0 saturated carbocycles. The highest BCUT2D eigenvalue weighted by molar-refractivity contribution is 6.38. The lowest BCUT2D eigenvalue weighted by atomic mass is 10.0. The number of Topliss-reactive ketones (excluding diaryl/α,β-unsaturated/α-hetero) is 1. The van der Waals surface area contributed by atoms with Crippen LogP contribution in [0.25, 0.3) is 16.7 Å². The Morgan fingerprint density at radius 1 is 1.21 bits per heavy atom. The number of furan rings is 1. The van der Waals surface area contributed by atoms with Gasteiger partial charge in [0.25, 0.3) is 11.8 Å². The number of carbonyl (C=O) groups excluding carboxylic acids is 3. The Kier molecular flexibility index (Phi) is 4.65. The normalized spacial score (nSPS) is 12.0. The van der Waals surface area contributed by atoms with Crippen molar-refractivity contribution in [1.82, 2.24) is 25.1 Å². The van der Waals surface area contributed by atoms with Gasteiger partial charge in [0.15, 0.2) is 5.82 Å². The molecule has 0 aromatic carbocycles. The first-order valence-electron chi connectivity index (χ1n) is 8.66. The number of aromatic amines is 1. The molecular weight excluding hydrogens is 376 g/mol. The molecule has 4 aromatic heterocycles. The minimum atomic E-state index is -1.15. The van der Waals surface area contributed by atoms with E-state index in [9.17, 15) is 14.4 Å². The van der Waals surface area contributed by atoms with Crippen LogP contribution < -0.4 is 11.1 Å². The van der Waals surface area contributed by atoms with Gasteiger partial charge in [-0.25, -0.2) is 9.67 Å². The Hall–Kier alpha value is -4.21. The van der Waals surface area contributed by atoms with Gasteiger partial charge < -0.3 is 20.5 Å². The van der Waals surface area contributed by atoms with Crippen molar-refractivity contribution in [3.63, 3.8) is 0 Å². The second-order valence-electron chi connectivity index (χ2n) is 6.29. The Bertz CT molecular complexity index is 1190. The number of fused-ring (bicyclic) bond motifs is 1. The van der Waals surface area contributed by atoms with Crippen LogP contribution in [0, 0.1) is 0 Å². The molecule has 146 valence electrons. The van der Waals surface area contributed by atoms with E-state index in [4.69, 9.17) is 10.2 Å². The third-order valence-electron chi connectivity index (χ3n) is 4.44. The number of aromatic nitrogens is 4. The number of ketones is 1. The zero-order valence-corrected chi connectivity index (χ0v) is 15.0. The van der Waals surface area contributed by atoms with Crippen molar-refractivity contribution in [3.05, 3.63) is 66.6 Å². The van der Waals surface area contributed by atoms with Crippen molar-refractivity contribution in [1.29, 1.82) is 0 Å². The molecule has 0 radical (unpaired) electrons. The number of rotatable bonds is 7. The highest BCUT2D eigenvalue weighted by atomic mass is 16.3. The summed E-state index contributed by atoms with van der Waals surface area (Å²) in [4.78, 5) is 43.9. The van der Waals surface area contributed by atoms with Gasteiger partial charge in [-0.05, 0) is 23.8 Å². The summed E-state index contributed by atoms with van der Waals surface area (Å²) in [6, 6.07) is 5.52. The van der Waals surface area contributed by atoms with Crippen LogP contribution in [0.1, 0.15) is 16.1 Å². The molecule has 10 nitrogen and oxygen atoms in total. The minimum absolute atomic E-state index is 0.0603. The maximum Gasteiger partial charge on any atom is 0.287 e. The second kappa shape index (κ2) is 7.43. The summed E-state index contributed by atoms with van der Waals surface area (Å²) >= 11 is 0. The number of primary amides is 1.